The molecule has 3 saturated heterocycles. The van der Waals surface area contributed by atoms with Crippen LogP contribution in [0.1, 0.15) is 58.8 Å². The van der Waals surface area contributed by atoms with E-state index in [1.807, 2.05) is 0 Å². The Labute approximate surface area is 151 Å². The highest BCUT2D eigenvalue weighted by Gasteiger charge is 2.65. The zero-order valence-corrected chi connectivity index (χ0v) is 15.8. The van der Waals surface area contributed by atoms with E-state index in [1.54, 1.807) is 0 Å². The SMILES string of the molecule is CC1CCN(C[C@@H]2C(=O)O[C@@H]3C[C@@]4(C)CCC[C@]5(CO5)[C@@H]4C[C@H]23)CC1. The molecule has 0 aromatic heterocycles. The van der Waals surface area contributed by atoms with Crippen LogP contribution in [0.5, 0.6) is 0 Å². The number of likely N-dealkylation sites (tertiary alicyclic amines) is 1. The number of esters is 1. The average Bonchev–Trinajstić information content (AvgIpc) is 3.28. The average molecular weight is 347 g/mol. The first-order chi connectivity index (χ1) is 12.0. The van der Waals surface area contributed by atoms with Gasteiger partial charge in [-0.2, -0.15) is 0 Å². The van der Waals surface area contributed by atoms with Gasteiger partial charge in [0.1, 0.15) is 6.10 Å². The predicted molar refractivity (Wildman–Crippen MR) is 95.1 cm³/mol. The van der Waals surface area contributed by atoms with Crippen LogP contribution in [0.2, 0.25) is 0 Å². The number of rotatable bonds is 2. The van der Waals surface area contributed by atoms with Gasteiger partial charge in [0.05, 0.1) is 18.1 Å². The zero-order valence-electron chi connectivity index (χ0n) is 15.8. The van der Waals surface area contributed by atoms with Crippen molar-refractivity contribution in [2.75, 3.05) is 26.2 Å². The fourth-order valence-corrected chi connectivity index (χ4v) is 6.69. The zero-order chi connectivity index (χ0) is 17.2. The minimum atomic E-state index is 0.0848. The van der Waals surface area contributed by atoms with E-state index in [2.05, 4.69) is 18.7 Å². The summed E-state index contributed by atoms with van der Waals surface area (Å²) in [6.07, 6.45) is 8.69. The van der Waals surface area contributed by atoms with Crippen molar-refractivity contribution >= 4 is 5.97 Å². The molecule has 2 aliphatic carbocycles. The van der Waals surface area contributed by atoms with Gasteiger partial charge in [0.25, 0.3) is 0 Å². The maximum absolute atomic E-state index is 12.7. The molecule has 2 saturated carbocycles. The second-order valence-corrected chi connectivity index (χ2v) is 10.1. The molecule has 3 aliphatic heterocycles. The molecule has 1 spiro atoms. The standard InChI is InChI=1S/C21H33NO3/c1-14-4-8-22(9-5-14)12-16-15-10-18-20(2,11-17(15)25-19(16)23)6-3-7-21(18)13-24-21/h14-18H,3-13H2,1-2H3/t15-,16+,17-,18-,20-,21+/m1/s1. The third kappa shape index (κ3) is 2.66. The van der Waals surface area contributed by atoms with Gasteiger partial charge in [-0.05, 0) is 75.3 Å². The molecule has 0 aromatic carbocycles. The number of piperidine rings is 1. The Balaban J connectivity index is 1.33. The topological polar surface area (TPSA) is 42.1 Å². The van der Waals surface area contributed by atoms with Crippen LogP contribution >= 0.6 is 0 Å². The highest BCUT2D eigenvalue weighted by molar-refractivity contribution is 5.75. The van der Waals surface area contributed by atoms with E-state index in [-0.39, 0.29) is 23.6 Å². The van der Waals surface area contributed by atoms with E-state index in [0.29, 0.717) is 17.3 Å². The Kier molecular flexibility index (Phi) is 3.77. The van der Waals surface area contributed by atoms with Gasteiger partial charge in [-0.15, -0.1) is 0 Å². The first kappa shape index (κ1) is 16.6. The van der Waals surface area contributed by atoms with Gasteiger partial charge in [-0.25, -0.2) is 0 Å². The summed E-state index contributed by atoms with van der Waals surface area (Å²) in [5, 5.41) is 0. The molecule has 3 heterocycles. The predicted octanol–water partition coefficient (Wildman–Crippen LogP) is 3.25. The van der Waals surface area contributed by atoms with Crippen molar-refractivity contribution in [3.05, 3.63) is 0 Å². The third-order valence-corrected chi connectivity index (χ3v) is 8.41. The van der Waals surface area contributed by atoms with Crippen LogP contribution in [-0.2, 0) is 14.3 Å². The van der Waals surface area contributed by atoms with Crippen LogP contribution < -0.4 is 0 Å². The van der Waals surface area contributed by atoms with Gasteiger partial charge in [0.2, 0.25) is 0 Å². The van der Waals surface area contributed by atoms with Gasteiger partial charge in [0.15, 0.2) is 0 Å². The number of fused-ring (bicyclic) bond motifs is 3. The van der Waals surface area contributed by atoms with Crippen LogP contribution in [0.15, 0.2) is 0 Å². The third-order valence-electron chi connectivity index (χ3n) is 8.41. The van der Waals surface area contributed by atoms with Crippen molar-refractivity contribution in [1.82, 2.24) is 4.90 Å². The molecule has 0 N–H and O–H groups in total. The van der Waals surface area contributed by atoms with Gasteiger partial charge < -0.3 is 14.4 Å². The molecule has 5 aliphatic rings. The van der Waals surface area contributed by atoms with Crippen molar-refractivity contribution in [2.45, 2.75) is 70.5 Å². The second-order valence-electron chi connectivity index (χ2n) is 10.1. The summed E-state index contributed by atoms with van der Waals surface area (Å²) < 4.78 is 11.9. The lowest BCUT2D eigenvalue weighted by Gasteiger charge is -2.51. The lowest BCUT2D eigenvalue weighted by atomic mass is 9.53. The van der Waals surface area contributed by atoms with Crippen LogP contribution in [0.3, 0.4) is 0 Å². The van der Waals surface area contributed by atoms with Crippen LogP contribution in [-0.4, -0.2) is 48.8 Å². The van der Waals surface area contributed by atoms with Crippen molar-refractivity contribution in [3.8, 4) is 0 Å². The number of nitrogens with zero attached hydrogens (tertiary/aromatic N) is 1. The Hall–Kier alpha value is -0.610. The lowest BCUT2D eigenvalue weighted by Crippen LogP contribution is -2.51. The van der Waals surface area contributed by atoms with E-state index < -0.39 is 0 Å². The molecule has 6 atom stereocenters. The van der Waals surface area contributed by atoms with Crippen LogP contribution in [0.4, 0.5) is 0 Å². The summed E-state index contributed by atoms with van der Waals surface area (Å²) in [4.78, 5) is 15.2. The summed E-state index contributed by atoms with van der Waals surface area (Å²) in [6.45, 7) is 8.95. The Bertz CT molecular complexity index is 551. The molecule has 0 amide bonds. The minimum Gasteiger partial charge on any atom is -0.462 e. The van der Waals surface area contributed by atoms with Gasteiger partial charge in [-0.3, -0.25) is 4.79 Å². The van der Waals surface area contributed by atoms with Crippen LogP contribution in [0, 0.1) is 29.1 Å². The summed E-state index contributed by atoms with van der Waals surface area (Å²) >= 11 is 0. The maximum atomic E-state index is 12.7. The van der Waals surface area contributed by atoms with E-state index in [1.165, 1.54) is 32.1 Å². The molecule has 25 heavy (non-hydrogen) atoms. The molecule has 5 fully saturated rings. The van der Waals surface area contributed by atoms with Crippen molar-refractivity contribution < 1.29 is 14.3 Å². The summed E-state index contributed by atoms with van der Waals surface area (Å²) in [6, 6.07) is 0. The molecule has 140 valence electrons. The quantitative estimate of drug-likeness (QED) is 0.568. The van der Waals surface area contributed by atoms with Gasteiger partial charge >= 0.3 is 5.97 Å². The molecule has 0 radical (unpaired) electrons. The number of hydrogen-bond acceptors (Lipinski definition) is 4. The second kappa shape index (κ2) is 5.69. The number of carbonyl (C=O) groups is 1. The normalized spacial score (nSPS) is 50.4. The van der Waals surface area contributed by atoms with E-state index >= 15 is 0 Å². The Morgan fingerprint density at radius 1 is 1.24 bits per heavy atom. The van der Waals surface area contributed by atoms with E-state index in [4.69, 9.17) is 9.47 Å². The fraction of sp³-hybridized carbons (Fsp3) is 0.952. The lowest BCUT2D eigenvalue weighted by molar-refractivity contribution is -0.147. The molecule has 4 nitrogen and oxygen atoms in total. The first-order valence-electron chi connectivity index (χ1n) is 10.6. The highest BCUT2D eigenvalue weighted by atomic mass is 16.6. The number of ether oxygens (including phenoxy) is 2. The highest BCUT2D eigenvalue weighted by Crippen LogP contribution is 2.62. The van der Waals surface area contributed by atoms with Crippen molar-refractivity contribution in [2.24, 2.45) is 29.1 Å². The Morgan fingerprint density at radius 2 is 2.00 bits per heavy atom. The maximum Gasteiger partial charge on any atom is 0.310 e. The largest absolute Gasteiger partial charge is 0.462 e. The molecular formula is C21H33NO3. The minimum absolute atomic E-state index is 0.0848. The van der Waals surface area contributed by atoms with E-state index in [0.717, 1.165) is 45.0 Å². The molecule has 5 rings (SSSR count). The summed E-state index contributed by atoms with van der Waals surface area (Å²) in [5.41, 5.74) is 0.473. The number of carbonyl (C=O) groups excluding carboxylic acids is 1. The Morgan fingerprint density at radius 3 is 2.72 bits per heavy atom. The smallest absolute Gasteiger partial charge is 0.310 e. The first-order valence-corrected chi connectivity index (χ1v) is 10.6. The molecule has 0 unspecified atom stereocenters. The van der Waals surface area contributed by atoms with Crippen molar-refractivity contribution in [1.29, 1.82) is 0 Å². The van der Waals surface area contributed by atoms with Gasteiger partial charge in [-0.1, -0.05) is 13.8 Å². The monoisotopic (exact) mass is 347 g/mol. The number of epoxide rings is 1. The molecule has 4 heteroatoms. The molecule has 0 bridgehead atoms. The fourth-order valence-electron chi connectivity index (χ4n) is 6.69. The summed E-state index contributed by atoms with van der Waals surface area (Å²) in [5.74, 6) is 2.07. The van der Waals surface area contributed by atoms with Crippen LogP contribution in [0.25, 0.3) is 0 Å². The number of hydrogen-bond donors (Lipinski definition) is 0. The summed E-state index contributed by atoms with van der Waals surface area (Å²) in [7, 11) is 0. The molecule has 0 aromatic rings. The van der Waals surface area contributed by atoms with Gasteiger partial charge in [0, 0.05) is 12.5 Å². The molecular weight excluding hydrogens is 314 g/mol. The van der Waals surface area contributed by atoms with Crippen molar-refractivity contribution in [3.63, 3.8) is 0 Å². The van der Waals surface area contributed by atoms with E-state index in [9.17, 15) is 4.79 Å².